The van der Waals surface area contributed by atoms with Crippen LogP contribution in [0.15, 0.2) is 36.4 Å². The quantitative estimate of drug-likeness (QED) is 0.0602. The Kier molecular flexibility index (Phi) is 22.3. The average molecular weight is 817 g/mol. The predicted molar refractivity (Wildman–Crippen MR) is 177 cm³/mol. The van der Waals surface area contributed by atoms with Gasteiger partial charge in [-0.05, 0) is 25.7 Å². The van der Waals surface area contributed by atoms with Crippen LogP contribution in [0.5, 0.6) is 0 Å². The minimum atomic E-state index is -0.563. The zero-order valence-corrected chi connectivity index (χ0v) is 32.2. The van der Waals surface area contributed by atoms with Crippen molar-refractivity contribution < 1.29 is 88.9 Å². The molecule has 0 aliphatic carbocycles. The number of nitro groups is 4. The molecule has 52 heavy (non-hydrogen) atoms. The number of hydrogen-bond donors (Lipinski definition) is 2. The largest absolute Gasteiger partial charge is 1.00 e. The van der Waals surface area contributed by atoms with E-state index in [2.05, 4.69) is 10.6 Å². The van der Waals surface area contributed by atoms with Gasteiger partial charge < -0.3 is 69.2 Å². The number of quaternary nitrogens is 4. The van der Waals surface area contributed by atoms with E-state index in [1.165, 1.54) is 24.3 Å². The van der Waals surface area contributed by atoms with Gasteiger partial charge in [0.2, 0.25) is 0 Å². The predicted octanol–water partition coefficient (Wildman–Crippen LogP) is -9.06. The third-order valence-corrected chi connectivity index (χ3v) is 10.0. The highest BCUT2D eigenvalue weighted by atomic mass is 35.5. The van der Waals surface area contributed by atoms with E-state index in [4.69, 9.17) is 0 Å². The summed E-state index contributed by atoms with van der Waals surface area (Å²) in [5.74, 6) is 0. The molecule has 0 bridgehead atoms. The van der Waals surface area contributed by atoms with Crippen molar-refractivity contribution in [3.8, 4) is 0 Å². The second-order valence-corrected chi connectivity index (χ2v) is 13.6. The van der Waals surface area contributed by atoms with Crippen LogP contribution >= 0.6 is 0 Å². The zero-order chi connectivity index (χ0) is 34.6. The van der Waals surface area contributed by atoms with Crippen LogP contribution in [0, 0.1) is 40.5 Å². The van der Waals surface area contributed by atoms with Crippen molar-refractivity contribution >= 4 is 22.7 Å². The van der Waals surface area contributed by atoms with Gasteiger partial charge in [0.1, 0.15) is 65.4 Å². The van der Waals surface area contributed by atoms with Gasteiger partial charge in [0.15, 0.2) is 0 Å². The van der Waals surface area contributed by atoms with E-state index in [0.717, 1.165) is 138 Å². The molecule has 4 N–H and O–H groups in total. The molecule has 4 rings (SSSR count). The molecule has 2 aromatic carbocycles. The molecule has 2 saturated heterocycles. The van der Waals surface area contributed by atoms with Crippen LogP contribution in [-0.2, 0) is 13.1 Å². The van der Waals surface area contributed by atoms with E-state index >= 15 is 0 Å². The van der Waals surface area contributed by atoms with Crippen molar-refractivity contribution in [1.29, 1.82) is 0 Å². The molecule has 0 amide bonds. The fourth-order valence-corrected chi connectivity index (χ4v) is 7.54. The van der Waals surface area contributed by atoms with E-state index in [1.807, 2.05) is 0 Å². The van der Waals surface area contributed by atoms with Gasteiger partial charge in [-0.15, -0.1) is 0 Å². The Morgan fingerprint density at radius 1 is 0.442 bits per heavy atom. The normalized spacial score (nSPS) is 15.8. The molecular formula is C32H50Cl4N8O8. The minimum Gasteiger partial charge on any atom is -1.00 e. The van der Waals surface area contributed by atoms with Crippen molar-refractivity contribution in [2.45, 2.75) is 64.5 Å². The number of nitrogens with two attached hydrogens (primary N) is 2. The van der Waals surface area contributed by atoms with Crippen LogP contribution in [0.1, 0.15) is 62.5 Å². The number of hydrogen-bond acceptors (Lipinski definition) is 8. The van der Waals surface area contributed by atoms with E-state index in [-0.39, 0.29) is 72.4 Å². The van der Waals surface area contributed by atoms with Gasteiger partial charge in [0.25, 0.3) is 22.7 Å². The molecule has 2 aromatic rings. The van der Waals surface area contributed by atoms with Crippen LogP contribution in [-0.4, -0.2) is 94.1 Å². The summed E-state index contributed by atoms with van der Waals surface area (Å²) in [7, 11) is 0. The number of halogens is 4. The Morgan fingerprint density at radius 2 is 0.692 bits per heavy atom. The van der Waals surface area contributed by atoms with Crippen molar-refractivity contribution in [2.24, 2.45) is 0 Å². The molecule has 0 unspecified atom stereocenters. The average Bonchev–Trinajstić information content (AvgIpc) is 3.06. The third-order valence-electron chi connectivity index (χ3n) is 10.0. The molecule has 20 heteroatoms. The summed E-state index contributed by atoms with van der Waals surface area (Å²) in [6.45, 7) is 10.7. The highest BCUT2D eigenvalue weighted by Gasteiger charge is 2.34. The standard InChI is InChI=1S/C32H48N8O8.4ClH/c41-35(42)29-19-27(20-30(23-29)36(43)44)25-39(15-9-33-10-16-39)13-7-5-3-1-2-4-6-8-14-40(17-11-34-12-18-40)26-28-21-31(37(45)46)24-32(22-28)38(47)48;;;;/h19-24,33-34H,1-18,25-26H2;4*1H/q+2;;;;/p-2. The van der Waals surface area contributed by atoms with Crippen LogP contribution in [0.3, 0.4) is 0 Å². The lowest BCUT2D eigenvalue weighted by atomic mass is 10.0. The van der Waals surface area contributed by atoms with Gasteiger partial charge in [-0.3, -0.25) is 40.5 Å². The number of piperazine rings is 2. The fraction of sp³-hybridized carbons (Fsp3) is 0.625. The Morgan fingerprint density at radius 3 is 0.942 bits per heavy atom. The number of nitrogens with zero attached hydrogens (tertiary/aromatic N) is 6. The van der Waals surface area contributed by atoms with E-state index in [9.17, 15) is 40.5 Å². The minimum absolute atomic E-state index is 0. The lowest BCUT2D eigenvalue weighted by Gasteiger charge is -2.40. The van der Waals surface area contributed by atoms with Gasteiger partial charge in [-0.1, -0.05) is 25.7 Å². The molecule has 2 heterocycles. The summed E-state index contributed by atoms with van der Waals surface area (Å²) < 4.78 is 1.60. The maximum atomic E-state index is 11.4. The molecule has 2 aliphatic heterocycles. The Labute approximate surface area is 328 Å². The van der Waals surface area contributed by atoms with Crippen molar-refractivity contribution in [1.82, 2.24) is 0 Å². The SMILES string of the molecule is O=[N+]([O-])c1cc(C[N+]2(CCCCCCCCCC[N+]3(Cc4cc([N+](=O)[O-])cc([N+](=O)[O-])c4)CC[NH2+]CC3)CC[NH2+]CC2)cc([N+](=O)[O-])c1.[Cl-].[Cl-].[Cl-].[Cl-]. The summed E-state index contributed by atoms with van der Waals surface area (Å²) in [5, 5.41) is 50.2. The summed E-state index contributed by atoms with van der Waals surface area (Å²) >= 11 is 0. The summed E-state index contributed by atoms with van der Waals surface area (Å²) in [6, 6.07) is 7.99. The first-order chi connectivity index (χ1) is 23.0. The second-order valence-electron chi connectivity index (χ2n) is 13.6. The Bertz CT molecular complexity index is 1290. The van der Waals surface area contributed by atoms with E-state index < -0.39 is 19.7 Å². The number of non-ortho nitro benzene ring substituents is 4. The topological polar surface area (TPSA) is 206 Å². The molecule has 0 atom stereocenters. The summed E-state index contributed by atoms with van der Waals surface area (Å²) in [4.78, 5) is 43.4. The molecule has 2 fully saturated rings. The third kappa shape index (κ3) is 14.8. The van der Waals surface area contributed by atoms with E-state index in [0.29, 0.717) is 24.2 Å². The van der Waals surface area contributed by atoms with Crippen LogP contribution in [0.2, 0.25) is 0 Å². The molecule has 0 saturated carbocycles. The lowest BCUT2D eigenvalue weighted by molar-refractivity contribution is -0.978. The highest BCUT2D eigenvalue weighted by molar-refractivity contribution is 5.47. The van der Waals surface area contributed by atoms with Crippen molar-refractivity contribution in [3.05, 3.63) is 88.0 Å². The lowest BCUT2D eigenvalue weighted by Crippen LogP contribution is -3.00. The maximum absolute atomic E-state index is 11.4. The van der Waals surface area contributed by atoms with Crippen LogP contribution < -0.4 is 60.3 Å². The number of benzene rings is 2. The Balaban J connectivity index is 0.00000650. The molecule has 0 radical (unpaired) electrons. The smallest absolute Gasteiger partial charge is 0.276 e. The molecule has 2 aliphatic rings. The monoisotopic (exact) mass is 814 g/mol. The molecular weight excluding hydrogens is 766 g/mol. The zero-order valence-electron chi connectivity index (χ0n) is 29.2. The molecule has 16 nitrogen and oxygen atoms in total. The van der Waals surface area contributed by atoms with Crippen molar-refractivity contribution in [2.75, 3.05) is 65.4 Å². The summed E-state index contributed by atoms with van der Waals surface area (Å²) in [5.41, 5.74) is 0.357. The van der Waals surface area contributed by atoms with E-state index in [1.54, 1.807) is 0 Å². The summed E-state index contributed by atoms with van der Waals surface area (Å²) in [6.07, 6.45) is 8.86. The van der Waals surface area contributed by atoms with Gasteiger partial charge in [0.05, 0.1) is 44.9 Å². The molecule has 0 spiro atoms. The first kappa shape index (κ1) is 49.0. The second kappa shape index (κ2) is 23.7. The number of unbranched alkanes of at least 4 members (excludes halogenated alkanes) is 7. The number of rotatable bonds is 19. The van der Waals surface area contributed by atoms with Gasteiger partial charge in [0, 0.05) is 35.4 Å². The highest BCUT2D eigenvalue weighted by Crippen LogP contribution is 2.28. The molecule has 294 valence electrons. The first-order valence-corrected chi connectivity index (χ1v) is 17.2. The Hall–Kier alpha value is -2.96. The maximum Gasteiger partial charge on any atom is 0.276 e. The van der Waals surface area contributed by atoms with Gasteiger partial charge >= 0.3 is 0 Å². The first-order valence-electron chi connectivity index (χ1n) is 17.2. The molecule has 0 aromatic heterocycles. The van der Waals surface area contributed by atoms with Crippen LogP contribution in [0.25, 0.3) is 0 Å². The fourth-order valence-electron chi connectivity index (χ4n) is 7.54. The number of nitro benzene ring substituents is 4. The van der Waals surface area contributed by atoms with Crippen molar-refractivity contribution in [3.63, 3.8) is 0 Å². The van der Waals surface area contributed by atoms with Crippen LogP contribution in [0.4, 0.5) is 22.7 Å². The van der Waals surface area contributed by atoms with Gasteiger partial charge in [-0.2, -0.15) is 0 Å². The van der Waals surface area contributed by atoms with Gasteiger partial charge in [-0.25, -0.2) is 0 Å².